The highest BCUT2D eigenvalue weighted by Crippen LogP contribution is 2.26. The first kappa shape index (κ1) is 21.6. The Kier molecular flexibility index (Phi) is 6.82. The van der Waals surface area contributed by atoms with Crippen LogP contribution in [0.1, 0.15) is 31.4 Å². The first-order chi connectivity index (χ1) is 13.8. The Morgan fingerprint density at radius 1 is 1.10 bits per heavy atom. The van der Waals surface area contributed by atoms with E-state index in [9.17, 15) is 13.2 Å². The van der Waals surface area contributed by atoms with Crippen LogP contribution in [0.3, 0.4) is 0 Å². The van der Waals surface area contributed by atoms with Crippen molar-refractivity contribution in [2.45, 2.75) is 30.7 Å². The summed E-state index contributed by atoms with van der Waals surface area (Å²) < 4.78 is 32.1. The van der Waals surface area contributed by atoms with E-state index in [-0.39, 0.29) is 22.8 Å². The Bertz CT molecular complexity index is 938. The number of halogens is 1. The first-order valence-electron chi connectivity index (χ1n) is 9.51. The molecule has 1 aliphatic rings. The number of ether oxygens (including phenoxy) is 1. The number of nitrogens with zero attached hydrogens (tertiary/aromatic N) is 1. The molecule has 0 aromatic heterocycles. The van der Waals surface area contributed by atoms with Gasteiger partial charge in [0.2, 0.25) is 15.9 Å². The van der Waals surface area contributed by atoms with E-state index in [4.69, 9.17) is 16.3 Å². The van der Waals surface area contributed by atoms with Crippen LogP contribution in [0.2, 0.25) is 5.02 Å². The normalized spacial score (nSPS) is 16.9. The summed E-state index contributed by atoms with van der Waals surface area (Å²) in [5.41, 5.74) is 0.988. The quantitative estimate of drug-likeness (QED) is 0.750. The zero-order valence-corrected chi connectivity index (χ0v) is 18.0. The Morgan fingerprint density at radius 3 is 2.24 bits per heavy atom. The van der Waals surface area contributed by atoms with Crippen LogP contribution in [0.15, 0.2) is 53.4 Å². The van der Waals surface area contributed by atoms with Gasteiger partial charge in [-0.3, -0.25) is 4.79 Å². The summed E-state index contributed by atoms with van der Waals surface area (Å²) in [6, 6.07) is 13.6. The molecule has 1 N–H and O–H groups in total. The van der Waals surface area contributed by atoms with Crippen LogP contribution in [0, 0.1) is 5.92 Å². The fourth-order valence-corrected chi connectivity index (χ4v) is 5.02. The number of methoxy groups -OCH3 is 1. The number of carbonyl (C=O) groups excluding carboxylic acids is 1. The Morgan fingerprint density at radius 2 is 1.69 bits per heavy atom. The topological polar surface area (TPSA) is 75.7 Å². The molecule has 0 bridgehead atoms. The van der Waals surface area contributed by atoms with E-state index < -0.39 is 10.0 Å². The molecule has 0 unspecified atom stereocenters. The standard InChI is InChI=1S/C21H25ClN2O4S/c1-15(16-3-7-19(28-2)8-4-16)23-21(25)17-11-13-24(14-12-17)29(26,27)20-9-5-18(22)6-10-20/h3-10,15,17H,11-14H2,1-2H3,(H,23,25)/t15-/m1/s1. The zero-order valence-electron chi connectivity index (χ0n) is 16.5. The van der Waals surface area contributed by atoms with Crippen LogP contribution in [0.25, 0.3) is 0 Å². The Balaban J connectivity index is 1.56. The van der Waals surface area contributed by atoms with Crippen LogP contribution in [0.4, 0.5) is 0 Å². The molecule has 1 amide bonds. The number of sulfonamides is 1. The lowest BCUT2D eigenvalue weighted by Crippen LogP contribution is -2.43. The van der Waals surface area contributed by atoms with Gasteiger partial charge in [-0.05, 0) is 61.7 Å². The van der Waals surface area contributed by atoms with Gasteiger partial charge in [-0.25, -0.2) is 8.42 Å². The van der Waals surface area contributed by atoms with Gasteiger partial charge in [0.25, 0.3) is 0 Å². The fourth-order valence-electron chi connectivity index (χ4n) is 3.42. The molecule has 2 aromatic carbocycles. The molecular formula is C21H25ClN2O4S. The second-order valence-corrected chi connectivity index (χ2v) is 9.51. The van der Waals surface area contributed by atoms with E-state index >= 15 is 0 Å². The van der Waals surface area contributed by atoms with Crippen molar-refractivity contribution in [2.75, 3.05) is 20.2 Å². The smallest absolute Gasteiger partial charge is 0.243 e. The highest BCUT2D eigenvalue weighted by molar-refractivity contribution is 7.89. The maximum atomic E-state index is 12.8. The van der Waals surface area contributed by atoms with E-state index in [0.29, 0.717) is 31.0 Å². The number of amides is 1. The van der Waals surface area contributed by atoms with Crippen molar-refractivity contribution in [3.63, 3.8) is 0 Å². The number of benzene rings is 2. The molecule has 1 aliphatic heterocycles. The van der Waals surface area contributed by atoms with Gasteiger partial charge in [-0.15, -0.1) is 0 Å². The maximum absolute atomic E-state index is 12.8. The summed E-state index contributed by atoms with van der Waals surface area (Å²) >= 11 is 5.84. The number of rotatable bonds is 6. The van der Waals surface area contributed by atoms with Crippen molar-refractivity contribution >= 4 is 27.5 Å². The van der Waals surface area contributed by atoms with Crippen LogP contribution < -0.4 is 10.1 Å². The van der Waals surface area contributed by atoms with Gasteiger partial charge in [-0.1, -0.05) is 23.7 Å². The van der Waals surface area contributed by atoms with Crippen molar-refractivity contribution in [2.24, 2.45) is 5.92 Å². The van der Waals surface area contributed by atoms with E-state index in [1.165, 1.54) is 16.4 Å². The van der Waals surface area contributed by atoms with E-state index in [0.717, 1.165) is 11.3 Å². The Labute approximate surface area is 176 Å². The largest absolute Gasteiger partial charge is 0.497 e. The minimum Gasteiger partial charge on any atom is -0.497 e. The molecule has 1 saturated heterocycles. The molecule has 0 saturated carbocycles. The van der Waals surface area contributed by atoms with Gasteiger partial charge < -0.3 is 10.1 Å². The molecule has 0 aliphatic carbocycles. The minimum atomic E-state index is -3.57. The van der Waals surface area contributed by atoms with Gasteiger partial charge in [0.05, 0.1) is 18.0 Å². The molecule has 8 heteroatoms. The van der Waals surface area contributed by atoms with Crippen molar-refractivity contribution in [3.8, 4) is 5.75 Å². The average molecular weight is 437 g/mol. The van der Waals surface area contributed by atoms with Crippen LogP contribution in [0.5, 0.6) is 5.75 Å². The lowest BCUT2D eigenvalue weighted by molar-refractivity contribution is -0.126. The summed E-state index contributed by atoms with van der Waals surface area (Å²) in [7, 11) is -1.96. The van der Waals surface area contributed by atoms with Gasteiger partial charge in [-0.2, -0.15) is 4.31 Å². The fraction of sp³-hybridized carbons (Fsp3) is 0.381. The molecule has 6 nitrogen and oxygen atoms in total. The lowest BCUT2D eigenvalue weighted by atomic mass is 9.96. The van der Waals surface area contributed by atoms with Crippen LogP contribution in [-0.2, 0) is 14.8 Å². The molecule has 1 fully saturated rings. The summed E-state index contributed by atoms with van der Waals surface area (Å²) in [5, 5.41) is 3.52. The highest BCUT2D eigenvalue weighted by Gasteiger charge is 2.32. The number of piperidine rings is 1. The van der Waals surface area contributed by atoms with Crippen molar-refractivity contribution in [1.82, 2.24) is 9.62 Å². The maximum Gasteiger partial charge on any atom is 0.243 e. The summed E-state index contributed by atoms with van der Waals surface area (Å²) in [4.78, 5) is 12.9. The summed E-state index contributed by atoms with van der Waals surface area (Å²) in [6.07, 6.45) is 0.988. The number of carbonyl (C=O) groups is 1. The average Bonchev–Trinajstić information content (AvgIpc) is 2.74. The molecule has 1 atom stereocenters. The van der Waals surface area contributed by atoms with Crippen molar-refractivity contribution in [3.05, 3.63) is 59.1 Å². The summed E-state index contributed by atoms with van der Waals surface area (Å²) in [6.45, 7) is 2.57. The predicted molar refractivity (Wildman–Crippen MR) is 112 cm³/mol. The molecule has 0 spiro atoms. The van der Waals surface area contributed by atoms with Crippen molar-refractivity contribution in [1.29, 1.82) is 0 Å². The van der Waals surface area contributed by atoms with E-state index in [1.54, 1.807) is 19.2 Å². The molecule has 29 heavy (non-hydrogen) atoms. The van der Waals surface area contributed by atoms with Gasteiger partial charge in [0, 0.05) is 24.0 Å². The van der Waals surface area contributed by atoms with Crippen molar-refractivity contribution < 1.29 is 17.9 Å². The van der Waals surface area contributed by atoms with Gasteiger partial charge in [0.15, 0.2) is 0 Å². The van der Waals surface area contributed by atoms with Gasteiger partial charge in [0.1, 0.15) is 5.75 Å². The third-order valence-electron chi connectivity index (χ3n) is 5.25. The monoisotopic (exact) mass is 436 g/mol. The molecule has 0 radical (unpaired) electrons. The SMILES string of the molecule is COc1ccc([C@@H](C)NC(=O)C2CCN(S(=O)(=O)c3ccc(Cl)cc3)CC2)cc1. The molecule has 156 valence electrons. The molecular weight excluding hydrogens is 412 g/mol. The minimum absolute atomic E-state index is 0.0446. The molecule has 3 rings (SSSR count). The summed E-state index contributed by atoms with van der Waals surface area (Å²) in [5.74, 6) is 0.519. The van der Waals surface area contributed by atoms with Crippen LogP contribution in [-0.4, -0.2) is 38.8 Å². The van der Waals surface area contributed by atoms with E-state index in [2.05, 4.69) is 5.32 Å². The number of hydrogen-bond acceptors (Lipinski definition) is 4. The zero-order chi connectivity index (χ0) is 21.0. The number of nitrogens with one attached hydrogen (secondary N) is 1. The lowest BCUT2D eigenvalue weighted by Gasteiger charge is -2.31. The first-order valence-corrected chi connectivity index (χ1v) is 11.3. The highest BCUT2D eigenvalue weighted by atomic mass is 35.5. The molecule has 2 aromatic rings. The second-order valence-electron chi connectivity index (χ2n) is 7.14. The van der Waals surface area contributed by atoms with E-state index in [1.807, 2.05) is 31.2 Å². The molecule has 1 heterocycles. The predicted octanol–water partition coefficient (Wildman–Crippen LogP) is 3.63. The third kappa shape index (κ3) is 5.10. The number of hydrogen-bond donors (Lipinski definition) is 1. The second kappa shape index (κ2) is 9.15. The van der Waals surface area contributed by atoms with Crippen LogP contribution >= 0.6 is 11.6 Å². The van der Waals surface area contributed by atoms with Gasteiger partial charge >= 0.3 is 0 Å². The Hall–Kier alpha value is -2.09. The third-order valence-corrected chi connectivity index (χ3v) is 7.42.